The van der Waals surface area contributed by atoms with E-state index in [1.807, 2.05) is 55.1 Å². The van der Waals surface area contributed by atoms with Crippen molar-refractivity contribution in [3.05, 3.63) is 70.2 Å². The molecule has 4 rings (SSSR count). The Balaban J connectivity index is 1.59. The maximum absolute atomic E-state index is 12.0. The van der Waals surface area contributed by atoms with E-state index in [1.165, 1.54) is 6.33 Å². The van der Waals surface area contributed by atoms with E-state index in [0.29, 0.717) is 32.0 Å². The largest absolute Gasteiger partial charge is 0.353 e. The minimum absolute atomic E-state index is 0.107. The van der Waals surface area contributed by atoms with Gasteiger partial charge in [-0.25, -0.2) is 15.0 Å². The lowest BCUT2D eigenvalue weighted by Gasteiger charge is -2.35. The third-order valence-electron chi connectivity index (χ3n) is 5.40. The van der Waals surface area contributed by atoms with E-state index in [2.05, 4.69) is 25.2 Å². The number of nitro groups is 1. The standard InChI is InChI=1S/C21H23N7O2/c1-15-6-5-7-17(16(15)2)25-20-19(28(29)30)21(24-14-23-20)27-12-10-26(11-13-27)18-8-3-4-9-22-18/h3-9,14H,10-13H2,1-2H3,(H,23,24,25). The monoisotopic (exact) mass is 405 g/mol. The fourth-order valence-electron chi connectivity index (χ4n) is 3.56. The predicted molar refractivity (Wildman–Crippen MR) is 117 cm³/mol. The number of pyridine rings is 1. The molecule has 154 valence electrons. The number of anilines is 4. The van der Waals surface area contributed by atoms with Gasteiger partial charge in [-0.3, -0.25) is 10.1 Å². The van der Waals surface area contributed by atoms with Crippen LogP contribution in [-0.4, -0.2) is 46.1 Å². The zero-order valence-corrected chi connectivity index (χ0v) is 16.9. The van der Waals surface area contributed by atoms with Crippen LogP contribution in [0.25, 0.3) is 0 Å². The van der Waals surface area contributed by atoms with E-state index in [1.54, 1.807) is 6.20 Å². The van der Waals surface area contributed by atoms with Crippen LogP contribution in [0.15, 0.2) is 48.9 Å². The summed E-state index contributed by atoms with van der Waals surface area (Å²) < 4.78 is 0. The van der Waals surface area contributed by atoms with Gasteiger partial charge in [-0.05, 0) is 43.2 Å². The van der Waals surface area contributed by atoms with Crippen LogP contribution in [-0.2, 0) is 0 Å². The maximum Gasteiger partial charge on any atom is 0.353 e. The molecule has 0 atom stereocenters. The lowest BCUT2D eigenvalue weighted by molar-refractivity contribution is -0.383. The molecule has 0 saturated carbocycles. The van der Waals surface area contributed by atoms with Crippen molar-refractivity contribution in [2.75, 3.05) is 41.3 Å². The molecule has 1 aliphatic rings. The second-order valence-electron chi connectivity index (χ2n) is 7.19. The Hall–Kier alpha value is -3.75. The van der Waals surface area contributed by atoms with Gasteiger partial charge in [0.2, 0.25) is 11.6 Å². The first-order chi connectivity index (χ1) is 14.5. The van der Waals surface area contributed by atoms with Gasteiger partial charge in [0.1, 0.15) is 12.1 Å². The molecule has 9 heteroatoms. The highest BCUT2D eigenvalue weighted by atomic mass is 16.6. The molecule has 1 saturated heterocycles. The quantitative estimate of drug-likeness (QED) is 0.509. The van der Waals surface area contributed by atoms with Crippen molar-refractivity contribution in [1.29, 1.82) is 0 Å². The molecule has 1 aliphatic heterocycles. The Bertz CT molecular complexity index is 1050. The molecule has 0 spiro atoms. The summed E-state index contributed by atoms with van der Waals surface area (Å²) in [6.07, 6.45) is 3.14. The van der Waals surface area contributed by atoms with E-state index < -0.39 is 4.92 Å². The smallest absolute Gasteiger partial charge is 0.353 e. The number of hydrogen-bond acceptors (Lipinski definition) is 8. The van der Waals surface area contributed by atoms with Gasteiger partial charge in [0.05, 0.1) is 4.92 Å². The van der Waals surface area contributed by atoms with Gasteiger partial charge in [-0.15, -0.1) is 0 Å². The fourth-order valence-corrected chi connectivity index (χ4v) is 3.56. The Morgan fingerprint density at radius 2 is 1.73 bits per heavy atom. The van der Waals surface area contributed by atoms with Crippen LogP contribution in [0.4, 0.5) is 28.8 Å². The molecule has 2 aromatic heterocycles. The summed E-state index contributed by atoms with van der Waals surface area (Å²) in [6.45, 7) is 6.61. The number of benzene rings is 1. The van der Waals surface area contributed by atoms with E-state index >= 15 is 0 Å². The van der Waals surface area contributed by atoms with Gasteiger partial charge >= 0.3 is 5.69 Å². The maximum atomic E-state index is 12.0. The summed E-state index contributed by atoms with van der Waals surface area (Å²) in [5.41, 5.74) is 2.81. The average molecular weight is 405 g/mol. The highest BCUT2D eigenvalue weighted by Gasteiger charge is 2.29. The predicted octanol–water partition coefficient (Wildman–Crippen LogP) is 3.47. The Morgan fingerprint density at radius 1 is 0.967 bits per heavy atom. The zero-order valence-electron chi connectivity index (χ0n) is 16.9. The third-order valence-corrected chi connectivity index (χ3v) is 5.40. The second kappa shape index (κ2) is 8.32. The van der Waals surface area contributed by atoms with Crippen LogP contribution in [0.1, 0.15) is 11.1 Å². The molecular weight excluding hydrogens is 382 g/mol. The van der Waals surface area contributed by atoms with E-state index in [4.69, 9.17) is 0 Å². The molecule has 0 unspecified atom stereocenters. The Morgan fingerprint density at radius 3 is 2.43 bits per heavy atom. The number of nitrogens with one attached hydrogen (secondary N) is 1. The van der Waals surface area contributed by atoms with Crippen LogP contribution < -0.4 is 15.1 Å². The van der Waals surface area contributed by atoms with Crippen molar-refractivity contribution in [2.45, 2.75) is 13.8 Å². The van der Waals surface area contributed by atoms with E-state index in [-0.39, 0.29) is 11.5 Å². The van der Waals surface area contributed by atoms with Crippen molar-refractivity contribution in [3.8, 4) is 0 Å². The first-order valence-electron chi connectivity index (χ1n) is 9.78. The van der Waals surface area contributed by atoms with Crippen molar-refractivity contribution in [2.24, 2.45) is 0 Å². The summed E-state index contributed by atoms with van der Waals surface area (Å²) in [5.74, 6) is 1.45. The van der Waals surface area contributed by atoms with Gasteiger partial charge < -0.3 is 15.1 Å². The van der Waals surface area contributed by atoms with Gasteiger partial charge in [0.25, 0.3) is 0 Å². The minimum atomic E-state index is -0.409. The van der Waals surface area contributed by atoms with Crippen molar-refractivity contribution in [1.82, 2.24) is 15.0 Å². The normalized spacial score (nSPS) is 13.9. The topological polar surface area (TPSA) is 100 Å². The number of aryl methyl sites for hydroxylation is 1. The summed E-state index contributed by atoms with van der Waals surface area (Å²) >= 11 is 0. The van der Waals surface area contributed by atoms with Gasteiger partial charge in [-0.2, -0.15) is 0 Å². The molecular formula is C21H23N7O2. The second-order valence-corrected chi connectivity index (χ2v) is 7.19. The van der Waals surface area contributed by atoms with E-state index in [9.17, 15) is 10.1 Å². The minimum Gasteiger partial charge on any atom is -0.353 e. The lowest BCUT2D eigenvalue weighted by Crippen LogP contribution is -2.47. The summed E-state index contributed by atoms with van der Waals surface area (Å²) in [5, 5.41) is 15.1. The van der Waals surface area contributed by atoms with Gasteiger partial charge in [-0.1, -0.05) is 18.2 Å². The number of nitrogens with zero attached hydrogens (tertiary/aromatic N) is 6. The van der Waals surface area contributed by atoms with Crippen LogP contribution in [0, 0.1) is 24.0 Å². The number of aromatic nitrogens is 3. The van der Waals surface area contributed by atoms with Gasteiger partial charge in [0.15, 0.2) is 0 Å². The molecule has 3 heterocycles. The lowest BCUT2D eigenvalue weighted by atomic mass is 10.1. The van der Waals surface area contributed by atoms with Crippen molar-refractivity contribution >= 4 is 28.8 Å². The van der Waals surface area contributed by atoms with Crippen LogP contribution >= 0.6 is 0 Å². The Kier molecular flexibility index (Phi) is 5.42. The van der Waals surface area contributed by atoms with Crippen LogP contribution in [0.3, 0.4) is 0 Å². The first kappa shape index (κ1) is 19.6. The fraction of sp³-hybridized carbons (Fsp3) is 0.286. The average Bonchev–Trinajstić information content (AvgIpc) is 2.77. The van der Waals surface area contributed by atoms with Crippen molar-refractivity contribution < 1.29 is 4.92 Å². The molecule has 0 amide bonds. The SMILES string of the molecule is Cc1cccc(Nc2ncnc(N3CCN(c4ccccn4)CC3)c2[N+](=O)[O-])c1C. The molecule has 1 N–H and O–H groups in total. The highest BCUT2D eigenvalue weighted by Crippen LogP contribution is 2.35. The highest BCUT2D eigenvalue weighted by molar-refractivity contribution is 5.76. The van der Waals surface area contributed by atoms with E-state index in [0.717, 1.165) is 22.6 Å². The van der Waals surface area contributed by atoms with Crippen LogP contribution in [0.5, 0.6) is 0 Å². The summed E-state index contributed by atoms with van der Waals surface area (Å²) in [7, 11) is 0. The molecule has 1 aromatic carbocycles. The molecule has 1 fully saturated rings. The Labute approximate surface area is 174 Å². The molecule has 0 radical (unpaired) electrons. The number of hydrogen-bond donors (Lipinski definition) is 1. The number of piperazine rings is 1. The molecule has 9 nitrogen and oxygen atoms in total. The zero-order chi connectivity index (χ0) is 21.1. The molecule has 3 aromatic rings. The van der Waals surface area contributed by atoms with Crippen LogP contribution in [0.2, 0.25) is 0 Å². The third kappa shape index (κ3) is 3.86. The molecule has 30 heavy (non-hydrogen) atoms. The number of rotatable bonds is 5. The first-order valence-corrected chi connectivity index (χ1v) is 9.78. The molecule has 0 aliphatic carbocycles. The summed E-state index contributed by atoms with van der Waals surface area (Å²) in [4.78, 5) is 28.5. The molecule has 0 bridgehead atoms. The van der Waals surface area contributed by atoms with Crippen molar-refractivity contribution in [3.63, 3.8) is 0 Å². The van der Waals surface area contributed by atoms with Gasteiger partial charge in [0, 0.05) is 38.1 Å². The summed E-state index contributed by atoms with van der Waals surface area (Å²) in [6, 6.07) is 11.6.